The number of aryl methyl sites for hydroxylation is 3. The second-order valence-electron chi connectivity index (χ2n) is 6.15. The van der Waals surface area contributed by atoms with Gasteiger partial charge in [0.2, 0.25) is 5.91 Å². The van der Waals surface area contributed by atoms with Crippen LogP contribution in [0.3, 0.4) is 0 Å². The lowest BCUT2D eigenvalue weighted by Gasteiger charge is -2.12. The molecule has 0 aromatic carbocycles. The summed E-state index contributed by atoms with van der Waals surface area (Å²) in [5, 5.41) is 12.5. The van der Waals surface area contributed by atoms with Crippen molar-refractivity contribution in [2.24, 2.45) is 5.92 Å². The Morgan fingerprint density at radius 2 is 2.12 bits per heavy atom. The standard InChI is InChI=1S/C18H26N4O3/c1-4-15-7-8-16(25-15)18(24)20-10-12(2)17(23)19-9-5-6-14-11-21-22-13(14)3/h7-8,11-12H,4-6,9-10H2,1-3H3,(H,19,23)(H,20,24)(H,21,22). The Morgan fingerprint density at radius 3 is 2.76 bits per heavy atom. The summed E-state index contributed by atoms with van der Waals surface area (Å²) in [7, 11) is 0. The molecule has 0 fully saturated rings. The first-order valence-corrected chi connectivity index (χ1v) is 8.64. The molecule has 0 bridgehead atoms. The summed E-state index contributed by atoms with van der Waals surface area (Å²) in [6.45, 7) is 6.60. The zero-order valence-electron chi connectivity index (χ0n) is 15.0. The monoisotopic (exact) mass is 346 g/mol. The molecule has 0 radical (unpaired) electrons. The lowest BCUT2D eigenvalue weighted by Crippen LogP contribution is -2.37. The van der Waals surface area contributed by atoms with Gasteiger partial charge in [0.15, 0.2) is 5.76 Å². The summed E-state index contributed by atoms with van der Waals surface area (Å²) in [5.41, 5.74) is 2.23. The number of nitrogens with zero attached hydrogens (tertiary/aromatic N) is 1. The van der Waals surface area contributed by atoms with Gasteiger partial charge >= 0.3 is 0 Å². The highest BCUT2D eigenvalue weighted by atomic mass is 16.3. The molecule has 2 rings (SSSR count). The average Bonchev–Trinajstić information content (AvgIpc) is 3.25. The number of carbonyl (C=O) groups is 2. The second-order valence-corrected chi connectivity index (χ2v) is 6.15. The van der Waals surface area contributed by atoms with Gasteiger partial charge < -0.3 is 15.1 Å². The molecular formula is C18H26N4O3. The van der Waals surface area contributed by atoms with E-state index in [-0.39, 0.29) is 30.0 Å². The highest BCUT2D eigenvalue weighted by Gasteiger charge is 2.16. The number of hydrogen-bond acceptors (Lipinski definition) is 4. The lowest BCUT2D eigenvalue weighted by molar-refractivity contribution is -0.124. The molecule has 1 unspecified atom stereocenters. The minimum absolute atomic E-state index is 0.0714. The van der Waals surface area contributed by atoms with Crippen molar-refractivity contribution in [2.75, 3.05) is 13.1 Å². The van der Waals surface area contributed by atoms with Crippen molar-refractivity contribution >= 4 is 11.8 Å². The molecule has 0 saturated heterocycles. The predicted molar refractivity (Wildman–Crippen MR) is 94.2 cm³/mol. The number of hydrogen-bond donors (Lipinski definition) is 3. The van der Waals surface area contributed by atoms with Crippen molar-refractivity contribution < 1.29 is 14.0 Å². The third kappa shape index (κ3) is 5.48. The Labute approximate surface area is 147 Å². The quantitative estimate of drug-likeness (QED) is 0.605. The van der Waals surface area contributed by atoms with Gasteiger partial charge in [-0.15, -0.1) is 0 Å². The maximum Gasteiger partial charge on any atom is 0.287 e. The Balaban J connectivity index is 1.65. The number of carbonyl (C=O) groups excluding carboxylic acids is 2. The molecule has 3 N–H and O–H groups in total. The first kappa shape index (κ1) is 18.8. The van der Waals surface area contributed by atoms with E-state index in [9.17, 15) is 9.59 Å². The zero-order chi connectivity index (χ0) is 18.2. The maximum absolute atomic E-state index is 12.1. The van der Waals surface area contributed by atoms with Gasteiger partial charge in [0.25, 0.3) is 5.91 Å². The van der Waals surface area contributed by atoms with Crippen LogP contribution < -0.4 is 10.6 Å². The van der Waals surface area contributed by atoms with Gasteiger partial charge in [0, 0.05) is 25.2 Å². The van der Waals surface area contributed by atoms with Crippen LogP contribution in [0.5, 0.6) is 0 Å². The summed E-state index contributed by atoms with van der Waals surface area (Å²) in [4.78, 5) is 24.0. The zero-order valence-corrected chi connectivity index (χ0v) is 15.0. The van der Waals surface area contributed by atoms with Crippen LogP contribution in [0.1, 0.15) is 47.8 Å². The van der Waals surface area contributed by atoms with E-state index in [0.717, 1.165) is 30.7 Å². The van der Waals surface area contributed by atoms with Gasteiger partial charge in [-0.1, -0.05) is 13.8 Å². The molecule has 2 aromatic heterocycles. The van der Waals surface area contributed by atoms with Crippen LogP contribution in [-0.2, 0) is 17.6 Å². The van der Waals surface area contributed by atoms with E-state index < -0.39 is 0 Å². The molecule has 2 aromatic rings. The summed E-state index contributed by atoms with van der Waals surface area (Å²) in [6, 6.07) is 3.43. The molecule has 7 heteroatoms. The third-order valence-electron chi connectivity index (χ3n) is 4.11. The van der Waals surface area contributed by atoms with Crippen LogP contribution in [0.25, 0.3) is 0 Å². The topological polar surface area (TPSA) is 100 Å². The summed E-state index contributed by atoms with van der Waals surface area (Å²) in [6.07, 6.45) is 4.27. The van der Waals surface area contributed by atoms with Gasteiger partial charge in [0.05, 0.1) is 12.1 Å². The number of H-pyrrole nitrogens is 1. The number of aromatic amines is 1. The fraction of sp³-hybridized carbons (Fsp3) is 0.500. The number of rotatable bonds is 9. The van der Waals surface area contributed by atoms with Gasteiger partial charge in [-0.3, -0.25) is 14.7 Å². The minimum Gasteiger partial charge on any atom is -0.456 e. The Morgan fingerprint density at radius 1 is 1.32 bits per heavy atom. The normalized spacial score (nSPS) is 12.0. The Kier molecular flexibility index (Phi) is 6.80. The van der Waals surface area contributed by atoms with Crippen molar-refractivity contribution in [3.05, 3.63) is 41.1 Å². The number of aromatic nitrogens is 2. The fourth-order valence-corrected chi connectivity index (χ4v) is 2.41. The van der Waals surface area contributed by atoms with E-state index in [4.69, 9.17) is 4.42 Å². The highest BCUT2D eigenvalue weighted by molar-refractivity contribution is 5.91. The fourth-order valence-electron chi connectivity index (χ4n) is 2.41. The number of amides is 2. The summed E-state index contributed by atoms with van der Waals surface area (Å²) >= 11 is 0. The lowest BCUT2D eigenvalue weighted by atomic mass is 10.1. The smallest absolute Gasteiger partial charge is 0.287 e. The van der Waals surface area contributed by atoms with E-state index in [0.29, 0.717) is 6.54 Å². The van der Waals surface area contributed by atoms with Crippen LogP contribution >= 0.6 is 0 Å². The molecule has 7 nitrogen and oxygen atoms in total. The molecule has 0 spiro atoms. The molecular weight excluding hydrogens is 320 g/mol. The molecule has 0 aliphatic rings. The van der Waals surface area contributed by atoms with E-state index in [2.05, 4.69) is 20.8 Å². The van der Waals surface area contributed by atoms with Crippen LogP contribution in [0, 0.1) is 12.8 Å². The molecule has 136 valence electrons. The Hall–Kier alpha value is -2.57. The first-order valence-electron chi connectivity index (χ1n) is 8.64. The van der Waals surface area contributed by atoms with Crippen molar-refractivity contribution in [3.63, 3.8) is 0 Å². The van der Waals surface area contributed by atoms with E-state index >= 15 is 0 Å². The Bertz CT molecular complexity index is 705. The van der Waals surface area contributed by atoms with Gasteiger partial charge in [-0.05, 0) is 37.5 Å². The number of furan rings is 1. The SMILES string of the molecule is CCc1ccc(C(=O)NCC(C)C(=O)NCCCc2cn[nH]c2C)o1. The minimum atomic E-state index is -0.305. The highest BCUT2D eigenvalue weighted by Crippen LogP contribution is 2.08. The second kappa shape index (κ2) is 9.05. The van der Waals surface area contributed by atoms with Crippen LogP contribution in [0.2, 0.25) is 0 Å². The molecule has 1 atom stereocenters. The van der Waals surface area contributed by atoms with E-state index in [1.54, 1.807) is 19.1 Å². The van der Waals surface area contributed by atoms with Crippen LogP contribution in [-0.4, -0.2) is 35.1 Å². The van der Waals surface area contributed by atoms with Crippen molar-refractivity contribution in [1.29, 1.82) is 0 Å². The van der Waals surface area contributed by atoms with Crippen molar-refractivity contribution in [2.45, 2.75) is 40.0 Å². The molecule has 2 amide bonds. The van der Waals surface area contributed by atoms with Crippen LogP contribution in [0.15, 0.2) is 22.7 Å². The molecule has 0 saturated carbocycles. The average molecular weight is 346 g/mol. The maximum atomic E-state index is 12.1. The third-order valence-corrected chi connectivity index (χ3v) is 4.11. The molecule has 0 aliphatic carbocycles. The molecule has 0 aliphatic heterocycles. The van der Waals surface area contributed by atoms with Gasteiger partial charge in [-0.2, -0.15) is 5.10 Å². The summed E-state index contributed by atoms with van der Waals surface area (Å²) < 4.78 is 5.39. The van der Waals surface area contributed by atoms with Gasteiger partial charge in [-0.25, -0.2) is 0 Å². The molecule has 25 heavy (non-hydrogen) atoms. The van der Waals surface area contributed by atoms with Gasteiger partial charge in [0.1, 0.15) is 5.76 Å². The van der Waals surface area contributed by atoms with Crippen molar-refractivity contribution in [3.8, 4) is 0 Å². The predicted octanol–water partition coefficient (Wildman–Crippen LogP) is 1.99. The van der Waals surface area contributed by atoms with E-state index in [1.165, 1.54) is 5.56 Å². The van der Waals surface area contributed by atoms with Crippen molar-refractivity contribution in [1.82, 2.24) is 20.8 Å². The summed E-state index contributed by atoms with van der Waals surface area (Å²) in [5.74, 6) is 0.372. The molecule has 2 heterocycles. The van der Waals surface area contributed by atoms with E-state index in [1.807, 2.05) is 20.0 Å². The number of nitrogens with one attached hydrogen (secondary N) is 3. The largest absolute Gasteiger partial charge is 0.456 e. The van der Waals surface area contributed by atoms with Crippen LogP contribution in [0.4, 0.5) is 0 Å². The first-order chi connectivity index (χ1) is 12.0.